The number of carbonyl (C=O) groups is 1. The highest BCUT2D eigenvalue weighted by Crippen LogP contribution is 2.19. The molecule has 20 heavy (non-hydrogen) atoms. The minimum atomic E-state index is -0.948. The fraction of sp³-hybridized carbons (Fsp3) is 0.235. The number of benzene rings is 2. The summed E-state index contributed by atoms with van der Waals surface area (Å²) in [7, 11) is 0. The first kappa shape index (κ1) is 14.1. The highest BCUT2D eigenvalue weighted by Gasteiger charge is 2.21. The number of ether oxygens (including phenoxy) is 1. The molecule has 0 aliphatic carbocycles. The second-order valence-corrected chi connectivity index (χ2v) is 4.83. The Morgan fingerprint density at radius 2 is 1.65 bits per heavy atom. The van der Waals surface area contributed by atoms with E-state index in [0.717, 1.165) is 16.7 Å². The van der Waals surface area contributed by atoms with Crippen molar-refractivity contribution in [1.29, 1.82) is 0 Å². The average Bonchev–Trinajstić information content (AvgIpc) is 2.42. The molecule has 0 amide bonds. The zero-order valence-electron chi connectivity index (χ0n) is 11.7. The molecule has 3 heteroatoms. The van der Waals surface area contributed by atoms with Gasteiger partial charge in [0.1, 0.15) is 5.75 Å². The van der Waals surface area contributed by atoms with Crippen LogP contribution in [-0.4, -0.2) is 17.2 Å². The molecule has 0 saturated heterocycles. The van der Waals surface area contributed by atoms with Crippen LogP contribution in [0.4, 0.5) is 0 Å². The van der Waals surface area contributed by atoms with Gasteiger partial charge in [-0.2, -0.15) is 0 Å². The van der Waals surface area contributed by atoms with Gasteiger partial charge in [0.25, 0.3) is 0 Å². The Bertz CT molecular complexity index is 570. The minimum absolute atomic E-state index is 0.364. The molecule has 0 aliphatic rings. The van der Waals surface area contributed by atoms with Crippen LogP contribution < -0.4 is 4.74 Å². The minimum Gasteiger partial charge on any atom is -0.478 e. The van der Waals surface area contributed by atoms with Crippen LogP contribution in [0.2, 0.25) is 0 Å². The highest BCUT2D eigenvalue weighted by molar-refractivity contribution is 5.73. The van der Waals surface area contributed by atoms with E-state index in [1.807, 2.05) is 50.2 Å². The van der Waals surface area contributed by atoms with Crippen molar-refractivity contribution in [2.24, 2.45) is 0 Å². The third-order valence-electron chi connectivity index (χ3n) is 3.33. The van der Waals surface area contributed by atoms with E-state index in [2.05, 4.69) is 0 Å². The number of aryl methyl sites for hydroxylation is 2. The normalized spacial score (nSPS) is 11.9. The second kappa shape index (κ2) is 6.24. The molecule has 2 aromatic carbocycles. The van der Waals surface area contributed by atoms with Crippen molar-refractivity contribution in [3.05, 3.63) is 65.2 Å². The molecule has 0 radical (unpaired) electrons. The van der Waals surface area contributed by atoms with Gasteiger partial charge in [0.2, 0.25) is 0 Å². The smallest absolute Gasteiger partial charge is 0.345 e. The standard InChI is InChI=1S/C17H18O3/c1-12-7-6-8-13(2)15(12)11-16(17(18)19)20-14-9-4-3-5-10-14/h3-10,16H,11H2,1-2H3,(H,18,19)/t16-/m1/s1. The van der Waals surface area contributed by atoms with Gasteiger partial charge in [-0.05, 0) is 42.7 Å². The molecule has 2 rings (SSSR count). The zero-order chi connectivity index (χ0) is 14.5. The van der Waals surface area contributed by atoms with Crippen LogP contribution in [0.5, 0.6) is 5.75 Å². The molecule has 0 unspecified atom stereocenters. The Labute approximate surface area is 118 Å². The lowest BCUT2D eigenvalue weighted by Gasteiger charge is -2.17. The van der Waals surface area contributed by atoms with Crippen molar-refractivity contribution in [2.45, 2.75) is 26.4 Å². The number of rotatable bonds is 5. The maximum atomic E-state index is 11.4. The van der Waals surface area contributed by atoms with Crippen molar-refractivity contribution in [3.8, 4) is 5.75 Å². The van der Waals surface area contributed by atoms with Crippen LogP contribution in [-0.2, 0) is 11.2 Å². The number of para-hydroxylation sites is 1. The predicted molar refractivity (Wildman–Crippen MR) is 78.1 cm³/mol. The number of carboxylic acids is 1. The van der Waals surface area contributed by atoms with Gasteiger partial charge in [-0.25, -0.2) is 4.79 Å². The molecule has 0 aromatic heterocycles. The predicted octanol–water partition coefficient (Wildman–Crippen LogP) is 3.38. The van der Waals surface area contributed by atoms with Gasteiger partial charge in [-0.15, -0.1) is 0 Å². The number of hydrogen-bond acceptors (Lipinski definition) is 2. The van der Waals surface area contributed by atoms with Crippen molar-refractivity contribution < 1.29 is 14.6 Å². The summed E-state index contributed by atoms with van der Waals surface area (Å²) in [5.74, 6) is -0.373. The van der Waals surface area contributed by atoms with E-state index < -0.39 is 12.1 Å². The Hall–Kier alpha value is -2.29. The maximum absolute atomic E-state index is 11.4. The molecule has 0 fully saturated rings. The molecule has 104 valence electrons. The fourth-order valence-corrected chi connectivity index (χ4v) is 2.20. The van der Waals surface area contributed by atoms with Gasteiger partial charge in [0.05, 0.1) is 0 Å². The van der Waals surface area contributed by atoms with Crippen LogP contribution >= 0.6 is 0 Å². The summed E-state index contributed by atoms with van der Waals surface area (Å²) in [6.45, 7) is 3.98. The Morgan fingerprint density at radius 3 is 2.20 bits per heavy atom. The first-order valence-electron chi connectivity index (χ1n) is 6.57. The Balaban J connectivity index is 2.20. The molecule has 0 heterocycles. The van der Waals surface area contributed by atoms with Crippen LogP contribution in [0.3, 0.4) is 0 Å². The number of aliphatic carboxylic acids is 1. The third kappa shape index (κ3) is 3.38. The summed E-state index contributed by atoms with van der Waals surface area (Å²) in [6.07, 6.45) is -0.514. The Morgan fingerprint density at radius 1 is 1.05 bits per heavy atom. The average molecular weight is 270 g/mol. The molecule has 2 aromatic rings. The molecule has 1 atom stereocenters. The zero-order valence-corrected chi connectivity index (χ0v) is 11.7. The largest absolute Gasteiger partial charge is 0.478 e. The maximum Gasteiger partial charge on any atom is 0.345 e. The van der Waals surface area contributed by atoms with Crippen LogP contribution in [0.25, 0.3) is 0 Å². The highest BCUT2D eigenvalue weighted by atomic mass is 16.5. The number of hydrogen-bond donors (Lipinski definition) is 1. The molecule has 1 N–H and O–H groups in total. The SMILES string of the molecule is Cc1cccc(C)c1C[C@@H](Oc1ccccc1)C(=O)O. The summed E-state index contributed by atoms with van der Waals surface area (Å²) in [5, 5.41) is 9.35. The van der Waals surface area contributed by atoms with Gasteiger partial charge < -0.3 is 9.84 Å². The van der Waals surface area contributed by atoms with E-state index in [1.54, 1.807) is 12.1 Å². The van der Waals surface area contributed by atoms with Crippen molar-refractivity contribution in [1.82, 2.24) is 0 Å². The molecule has 0 bridgehead atoms. The van der Waals surface area contributed by atoms with Gasteiger partial charge in [-0.1, -0.05) is 36.4 Å². The van der Waals surface area contributed by atoms with E-state index in [0.29, 0.717) is 12.2 Å². The lowest BCUT2D eigenvalue weighted by Crippen LogP contribution is -2.30. The quantitative estimate of drug-likeness (QED) is 0.906. The van der Waals surface area contributed by atoms with E-state index in [-0.39, 0.29) is 0 Å². The number of carboxylic acid groups (broad SMARTS) is 1. The first-order chi connectivity index (χ1) is 9.58. The Kier molecular flexibility index (Phi) is 4.41. The van der Waals surface area contributed by atoms with Crippen molar-refractivity contribution in [3.63, 3.8) is 0 Å². The van der Waals surface area contributed by atoms with E-state index >= 15 is 0 Å². The van der Waals surface area contributed by atoms with Gasteiger partial charge in [0, 0.05) is 6.42 Å². The lowest BCUT2D eigenvalue weighted by atomic mass is 9.97. The van der Waals surface area contributed by atoms with E-state index in [4.69, 9.17) is 4.74 Å². The summed E-state index contributed by atoms with van der Waals surface area (Å²) < 4.78 is 5.59. The molecular formula is C17H18O3. The summed E-state index contributed by atoms with van der Waals surface area (Å²) in [4.78, 5) is 11.4. The molecule has 0 spiro atoms. The second-order valence-electron chi connectivity index (χ2n) is 4.83. The first-order valence-corrected chi connectivity index (χ1v) is 6.57. The van der Waals surface area contributed by atoms with Crippen LogP contribution in [0, 0.1) is 13.8 Å². The molecule has 0 aliphatic heterocycles. The van der Waals surface area contributed by atoms with E-state index in [1.165, 1.54) is 0 Å². The van der Waals surface area contributed by atoms with Crippen molar-refractivity contribution in [2.75, 3.05) is 0 Å². The molecular weight excluding hydrogens is 252 g/mol. The van der Waals surface area contributed by atoms with Gasteiger partial charge >= 0.3 is 5.97 Å². The fourth-order valence-electron chi connectivity index (χ4n) is 2.20. The lowest BCUT2D eigenvalue weighted by molar-refractivity contribution is -0.145. The summed E-state index contributed by atoms with van der Waals surface area (Å²) >= 11 is 0. The van der Waals surface area contributed by atoms with Crippen molar-refractivity contribution >= 4 is 5.97 Å². The summed E-state index contributed by atoms with van der Waals surface area (Å²) in [5.41, 5.74) is 3.22. The molecule has 3 nitrogen and oxygen atoms in total. The van der Waals surface area contributed by atoms with Crippen LogP contribution in [0.15, 0.2) is 48.5 Å². The molecule has 0 saturated carbocycles. The summed E-state index contributed by atoms with van der Waals surface area (Å²) in [6, 6.07) is 15.0. The van der Waals surface area contributed by atoms with Gasteiger partial charge in [-0.3, -0.25) is 0 Å². The van der Waals surface area contributed by atoms with E-state index in [9.17, 15) is 9.90 Å². The monoisotopic (exact) mass is 270 g/mol. The van der Waals surface area contributed by atoms with Gasteiger partial charge in [0.15, 0.2) is 6.10 Å². The third-order valence-corrected chi connectivity index (χ3v) is 3.33. The topological polar surface area (TPSA) is 46.5 Å². The van der Waals surface area contributed by atoms with Crippen LogP contribution in [0.1, 0.15) is 16.7 Å².